The van der Waals surface area contributed by atoms with E-state index in [1.54, 1.807) is 70.4 Å². The first kappa shape index (κ1) is 30.6. The lowest BCUT2D eigenvalue weighted by Crippen LogP contribution is -2.75. The molecule has 0 spiro atoms. The molecule has 0 unspecified atom stereocenters. The molecule has 10 heteroatoms. The molecular weight excluding hydrogens is 560 g/mol. The zero-order chi connectivity index (χ0) is 31.2. The molecule has 1 N–H and O–H groups in total. The highest BCUT2D eigenvalue weighted by molar-refractivity contribution is 5.92. The number of amides is 3. The van der Waals surface area contributed by atoms with Crippen molar-refractivity contribution in [3.8, 4) is 17.2 Å². The standard InChI is InChI=1S/C34H38N4O6/c1-4-18-36-23-33(41)37-28(19-25-10-14-27(39)15-11-25)34(42)35(21-26-12-16-29(43-2)30(20-26)44-3)22-31(37)38(36)32(40)17-13-24-8-6-5-7-9-24/h4-12,14-16,20,28,31,39H,1,13,17-19,21-23H2,2-3H3/t28-,31-/m0/s1. The van der Waals surface area contributed by atoms with Crippen molar-refractivity contribution in [1.82, 2.24) is 19.8 Å². The number of benzene rings is 3. The molecule has 2 heterocycles. The summed E-state index contributed by atoms with van der Waals surface area (Å²) in [4.78, 5) is 45.2. The number of piperazine rings is 1. The lowest BCUT2D eigenvalue weighted by Gasteiger charge is -2.55. The number of phenolic OH excluding ortho intramolecular Hbond substituents is 1. The minimum atomic E-state index is -0.846. The number of rotatable bonds is 11. The van der Waals surface area contributed by atoms with Crippen LogP contribution in [-0.4, -0.2) is 88.7 Å². The quantitative estimate of drug-likeness (QED) is 0.338. The van der Waals surface area contributed by atoms with Crippen LogP contribution in [0.2, 0.25) is 0 Å². The molecule has 2 aliphatic rings. The first-order chi connectivity index (χ1) is 21.3. The van der Waals surface area contributed by atoms with Gasteiger partial charge >= 0.3 is 0 Å². The maximum Gasteiger partial charge on any atom is 0.246 e. The van der Waals surface area contributed by atoms with E-state index in [4.69, 9.17) is 9.47 Å². The number of methoxy groups -OCH3 is 2. The van der Waals surface area contributed by atoms with E-state index >= 15 is 0 Å². The van der Waals surface area contributed by atoms with Gasteiger partial charge in [0.05, 0.1) is 27.3 Å². The van der Waals surface area contributed by atoms with Crippen LogP contribution in [0.25, 0.3) is 0 Å². The van der Waals surface area contributed by atoms with Crippen LogP contribution >= 0.6 is 0 Å². The van der Waals surface area contributed by atoms with Gasteiger partial charge in [-0.15, -0.1) is 6.58 Å². The van der Waals surface area contributed by atoms with Crippen LogP contribution in [0.3, 0.4) is 0 Å². The molecule has 3 aromatic rings. The van der Waals surface area contributed by atoms with Crippen molar-refractivity contribution in [2.24, 2.45) is 0 Å². The van der Waals surface area contributed by atoms with E-state index in [2.05, 4.69) is 6.58 Å². The summed E-state index contributed by atoms with van der Waals surface area (Å²) in [5.41, 5.74) is 2.65. The number of aryl methyl sites for hydroxylation is 1. The van der Waals surface area contributed by atoms with Gasteiger partial charge in [0.2, 0.25) is 17.7 Å². The Hall–Kier alpha value is -4.83. The Morgan fingerprint density at radius 2 is 1.66 bits per heavy atom. The lowest BCUT2D eigenvalue weighted by molar-refractivity contribution is -0.205. The first-order valence-electron chi connectivity index (χ1n) is 14.6. The predicted octanol–water partition coefficient (Wildman–Crippen LogP) is 3.40. The molecule has 0 aliphatic carbocycles. The van der Waals surface area contributed by atoms with Gasteiger partial charge in [-0.2, -0.15) is 0 Å². The van der Waals surface area contributed by atoms with E-state index < -0.39 is 12.2 Å². The molecule has 0 saturated carbocycles. The zero-order valence-electron chi connectivity index (χ0n) is 25.1. The largest absolute Gasteiger partial charge is 0.508 e. The van der Waals surface area contributed by atoms with Crippen LogP contribution in [-0.2, 0) is 33.8 Å². The summed E-state index contributed by atoms with van der Waals surface area (Å²) in [7, 11) is 3.12. The average molecular weight is 599 g/mol. The van der Waals surface area contributed by atoms with Crippen molar-refractivity contribution in [2.75, 3.05) is 33.9 Å². The van der Waals surface area contributed by atoms with Gasteiger partial charge in [-0.3, -0.25) is 14.4 Å². The maximum absolute atomic E-state index is 14.2. The Balaban J connectivity index is 1.50. The molecule has 230 valence electrons. The summed E-state index contributed by atoms with van der Waals surface area (Å²) in [5.74, 6) is 0.645. The second-order valence-corrected chi connectivity index (χ2v) is 10.9. The Morgan fingerprint density at radius 3 is 2.34 bits per heavy atom. The van der Waals surface area contributed by atoms with E-state index in [-0.39, 0.29) is 55.9 Å². The molecular formula is C34H38N4O6. The number of fused-ring (bicyclic) bond motifs is 1. The molecule has 0 radical (unpaired) electrons. The second-order valence-electron chi connectivity index (χ2n) is 10.9. The van der Waals surface area contributed by atoms with Crippen molar-refractivity contribution < 1.29 is 29.0 Å². The number of phenols is 1. The Bertz CT molecular complexity index is 1500. The third-order valence-corrected chi connectivity index (χ3v) is 8.08. The number of nitrogens with zero attached hydrogens (tertiary/aromatic N) is 4. The van der Waals surface area contributed by atoms with Crippen LogP contribution in [0, 0.1) is 0 Å². The van der Waals surface area contributed by atoms with Gasteiger partial charge < -0.3 is 24.4 Å². The van der Waals surface area contributed by atoms with Gasteiger partial charge in [0, 0.05) is 25.9 Å². The molecule has 2 saturated heterocycles. The Morgan fingerprint density at radius 1 is 0.955 bits per heavy atom. The normalized spacial score (nSPS) is 18.6. The number of aromatic hydroxyl groups is 1. The lowest BCUT2D eigenvalue weighted by atomic mass is 9.98. The smallest absolute Gasteiger partial charge is 0.246 e. The summed E-state index contributed by atoms with van der Waals surface area (Å²) in [5, 5.41) is 13.2. The SMILES string of the molecule is C=CCN1CC(=O)N2[C@@H](Cc3ccc(O)cc3)C(=O)N(Cc3ccc(OC)c(OC)c3)C[C@@H]2N1C(=O)CCc1ccccc1. The number of hydrazine groups is 1. The number of carbonyl (C=O) groups excluding carboxylic acids is 3. The molecule has 2 fully saturated rings. The first-order valence-corrected chi connectivity index (χ1v) is 14.6. The molecule has 3 aromatic carbocycles. The van der Waals surface area contributed by atoms with Crippen molar-refractivity contribution in [2.45, 2.75) is 38.0 Å². The Kier molecular flexibility index (Phi) is 9.50. The molecule has 10 nitrogen and oxygen atoms in total. The van der Waals surface area contributed by atoms with Crippen LogP contribution < -0.4 is 9.47 Å². The second kappa shape index (κ2) is 13.6. The van der Waals surface area contributed by atoms with Crippen molar-refractivity contribution >= 4 is 17.7 Å². The number of hydrogen-bond donors (Lipinski definition) is 1. The van der Waals surface area contributed by atoms with E-state index in [1.807, 2.05) is 42.5 Å². The van der Waals surface area contributed by atoms with E-state index in [1.165, 1.54) is 0 Å². The third kappa shape index (κ3) is 6.55. The van der Waals surface area contributed by atoms with Crippen LogP contribution in [0.15, 0.2) is 85.5 Å². The van der Waals surface area contributed by atoms with Gasteiger partial charge in [-0.25, -0.2) is 10.0 Å². The number of carbonyl (C=O) groups is 3. The predicted molar refractivity (Wildman–Crippen MR) is 165 cm³/mol. The Labute approximate surface area is 257 Å². The van der Waals surface area contributed by atoms with Gasteiger partial charge in [-0.05, 0) is 47.4 Å². The summed E-state index contributed by atoms with van der Waals surface area (Å²) in [6.45, 7) is 4.49. The van der Waals surface area contributed by atoms with Gasteiger partial charge in [0.1, 0.15) is 18.0 Å². The highest BCUT2D eigenvalue weighted by Gasteiger charge is 2.51. The third-order valence-electron chi connectivity index (χ3n) is 8.08. The summed E-state index contributed by atoms with van der Waals surface area (Å²) >= 11 is 0. The molecule has 3 amide bonds. The molecule has 44 heavy (non-hydrogen) atoms. The van der Waals surface area contributed by atoms with E-state index in [0.29, 0.717) is 24.5 Å². The summed E-state index contributed by atoms with van der Waals surface area (Å²) in [6, 6.07) is 21.0. The van der Waals surface area contributed by atoms with Crippen molar-refractivity contribution in [1.29, 1.82) is 0 Å². The minimum absolute atomic E-state index is 0.0470. The van der Waals surface area contributed by atoms with Gasteiger partial charge in [-0.1, -0.05) is 54.6 Å². The van der Waals surface area contributed by atoms with Crippen molar-refractivity contribution in [3.05, 3.63) is 102 Å². The molecule has 2 aliphatic heterocycles. The number of hydrogen-bond acceptors (Lipinski definition) is 7. The fraction of sp³-hybridized carbons (Fsp3) is 0.324. The monoisotopic (exact) mass is 598 g/mol. The van der Waals surface area contributed by atoms with Crippen molar-refractivity contribution in [3.63, 3.8) is 0 Å². The van der Waals surface area contributed by atoms with Gasteiger partial charge in [0.15, 0.2) is 11.5 Å². The van der Waals surface area contributed by atoms with Crippen LogP contribution in [0.1, 0.15) is 23.1 Å². The molecule has 5 rings (SSSR count). The fourth-order valence-corrected chi connectivity index (χ4v) is 5.97. The maximum atomic E-state index is 14.2. The highest BCUT2D eigenvalue weighted by Crippen LogP contribution is 2.32. The minimum Gasteiger partial charge on any atom is -0.508 e. The summed E-state index contributed by atoms with van der Waals surface area (Å²) in [6.07, 6.45) is 1.98. The topological polar surface area (TPSA) is 103 Å². The average Bonchev–Trinajstić information content (AvgIpc) is 3.03. The van der Waals surface area contributed by atoms with Crippen LogP contribution in [0.4, 0.5) is 0 Å². The zero-order valence-corrected chi connectivity index (χ0v) is 25.1. The number of ether oxygens (including phenoxy) is 2. The molecule has 0 aromatic heterocycles. The fourth-order valence-electron chi connectivity index (χ4n) is 5.97. The van der Waals surface area contributed by atoms with Crippen LogP contribution in [0.5, 0.6) is 17.2 Å². The molecule has 0 bridgehead atoms. The van der Waals surface area contributed by atoms with E-state index in [0.717, 1.165) is 16.7 Å². The van der Waals surface area contributed by atoms with E-state index in [9.17, 15) is 19.5 Å². The molecule has 2 atom stereocenters. The summed E-state index contributed by atoms with van der Waals surface area (Å²) < 4.78 is 10.9. The van der Waals surface area contributed by atoms with Gasteiger partial charge in [0.25, 0.3) is 0 Å². The highest BCUT2D eigenvalue weighted by atomic mass is 16.5.